The zero-order valence-corrected chi connectivity index (χ0v) is 11.3. The van der Waals surface area contributed by atoms with Gasteiger partial charge in [0.05, 0.1) is 0 Å². The van der Waals surface area contributed by atoms with Crippen LogP contribution in [0.4, 0.5) is 0 Å². The highest BCUT2D eigenvalue weighted by Gasteiger charge is 2.13. The lowest BCUT2D eigenvalue weighted by atomic mass is 9.85. The van der Waals surface area contributed by atoms with Gasteiger partial charge in [-0.1, -0.05) is 52.0 Å². The molecule has 15 heavy (non-hydrogen) atoms. The van der Waals surface area contributed by atoms with Gasteiger partial charge < -0.3 is 0 Å². The summed E-state index contributed by atoms with van der Waals surface area (Å²) in [6.45, 7) is 17.4. The number of rotatable bonds is 4. The van der Waals surface area contributed by atoms with Crippen LogP contribution in [0.5, 0.6) is 0 Å². The second-order valence-electron chi connectivity index (χ2n) is 5.46. The quantitative estimate of drug-likeness (QED) is 0.549. The highest BCUT2D eigenvalue weighted by molar-refractivity contribution is 5.36. The highest BCUT2D eigenvalue weighted by Crippen LogP contribution is 2.28. The fourth-order valence-electron chi connectivity index (χ4n) is 1.47. The first kappa shape index (κ1) is 14.2. The van der Waals surface area contributed by atoms with Gasteiger partial charge in [0, 0.05) is 0 Å². The Balaban J connectivity index is 4.62. The van der Waals surface area contributed by atoms with Gasteiger partial charge in [-0.25, -0.2) is 0 Å². The number of hydrogen-bond donors (Lipinski definition) is 0. The molecule has 0 unspecified atom stereocenters. The van der Waals surface area contributed by atoms with Gasteiger partial charge in [0.25, 0.3) is 0 Å². The molecule has 0 aromatic heterocycles. The Morgan fingerprint density at radius 1 is 1.20 bits per heavy atom. The van der Waals surface area contributed by atoms with Crippen LogP contribution in [0.25, 0.3) is 0 Å². The third kappa shape index (κ3) is 6.33. The maximum absolute atomic E-state index is 4.18. The molecule has 0 aliphatic carbocycles. The summed E-state index contributed by atoms with van der Waals surface area (Å²) in [7, 11) is 0. The largest absolute Gasteiger partial charge is 0.0955 e. The second-order valence-corrected chi connectivity index (χ2v) is 5.46. The summed E-state index contributed by atoms with van der Waals surface area (Å²) in [5, 5.41) is 0. The van der Waals surface area contributed by atoms with Crippen LogP contribution in [-0.2, 0) is 0 Å². The van der Waals surface area contributed by atoms with Crippen LogP contribution in [0.2, 0.25) is 0 Å². The predicted molar refractivity (Wildman–Crippen MR) is 71.0 cm³/mol. The molecule has 0 aromatic carbocycles. The van der Waals surface area contributed by atoms with E-state index in [4.69, 9.17) is 0 Å². The lowest BCUT2D eigenvalue weighted by Gasteiger charge is -2.20. The minimum Gasteiger partial charge on any atom is -0.0955 e. The van der Waals surface area contributed by atoms with Crippen LogP contribution in [0.15, 0.2) is 35.5 Å². The van der Waals surface area contributed by atoms with Gasteiger partial charge in [0.2, 0.25) is 0 Å². The second kappa shape index (κ2) is 5.95. The Hall–Kier alpha value is -0.780. The van der Waals surface area contributed by atoms with E-state index in [2.05, 4.69) is 60.3 Å². The van der Waals surface area contributed by atoms with Crippen LogP contribution >= 0.6 is 0 Å². The summed E-state index contributed by atoms with van der Waals surface area (Å²) < 4.78 is 0. The molecule has 0 amide bonds. The number of hydrogen-bond acceptors (Lipinski definition) is 0. The molecule has 0 radical (unpaired) electrons. The molecule has 0 aromatic rings. The van der Waals surface area contributed by atoms with Crippen molar-refractivity contribution in [2.75, 3.05) is 0 Å². The molecule has 0 rings (SSSR count). The minimum atomic E-state index is 0.326. The first-order chi connectivity index (χ1) is 6.78. The summed E-state index contributed by atoms with van der Waals surface area (Å²) in [6.07, 6.45) is 6.55. The zero-order valence-electron chi connectivity index (χ0n) is 11.3. The van der Waals surface area contributed by atoms with Gasteiger partial charge in [-0.3, -0.25) is 0 Å². The van der Waals surface area contributed by atoms with Crippen molar-refractivity contribution in [2.45, 2.75) is 54.4 Å². The van der Waals surface area contributed by atoms with E-state index in [0.29, 0.717) is 5.41 Å². The van der Waals surface area contributed by atoms with Gasteiger partial charge in [-0.15, -0.1) is 0 Å². The van der Waals surface area contributed by atoms with Crippen LogP contribution in [-0.4, -0.2) is 0 Å². The van der Waals surface area contributed by atoms with Crippen molar-refractivity contribution < 1.29 is 0 Å². The summed E-state index contributed by atoms with van der Waals surface area (Å²) in [5.41, 5.74) is 4.27. The standard InChI is InChI=1S/C15H26/c1-8-9-10-12(2)14(4)13(3)11-15(5,6)7/h9-10H,3,8,11H2,1-2,4-7H3/b10-9?,14-12+. The summed E-state index contributed by atoms with van der Waals surface area (Å²) in [4.78, 5) is 0. The van der Waals surface area contributed by atoms with Crippen molar-refractivity contribution in [3.8, 4) is 0 Å². The van der Waals surface area contributed by atoms with Crippen molar-refractivity contribution in [1.82, 2.24) is 0 Å². The monoisotopic (exact) mass is 206 g/mol. The Labute approximate surface area is 95.8 Å². The van der Waals surface area contributed by atoms with Gasteiger partial charge in [0.15, 0.2) is 0 Å². The summed E-state index contributed by atoms with van der Waals surface area (Å²) in [5.74, 6) is 0. The van der Waals surface area contributed by atoms with Crippen LogP contribution in [0.1, 0.15) is 54.4 Å². The Morgan fingerprint density at radius 3 is 2.13 bits per heavy atom. The summed E-state index contributed by atoms with van der Waals surface area (Å²) >= 11 is 0. The molecule has 0 fully saturated rings. The van der Waals surface area contributed by atoms with Crippen molar-refractivity contribution >= 4 is 0 Å². The van der Waals surface area contributed by atoms with Crippen LogP contribution in [0, 0.1) is 5.41 Å². The van der Waals surface area contributed by atoms with Gasteiger partial charge in [-0.05, 0) is 43.3 Å². The molecule has 0 aliphatic heterocycles. The molecule has 0 saturated heterocycles. The fourth-order valence-corrected chi connectivity index (χ4v) is 1.47. The maximum atomic E-state index is 4.18. The molecule has 0 N–H and O–H groups in total. The van der Waals surface area contributed by atoms with E-state index in [1.807, 2.05) is 0 Å². The lowest BCUT2D eigenvalue weighted by Crippen LogP contribution is -2.06. The highest BCUT2D eigenvalue weighted by atomic mass is 14.2. The van der Waals surface area contributed by atoms with E-state index in [1.165, 1.54) is 16.7 Å². The maximum Gasteiger partial charge on any atom is -0.0233 e. The van der Waals surface area contributed by atoms with Crippen molar-refractivity contribution in [3.05, 3.63) is 35.5 Å². The first-order valence-electron chi connectivity index (χ1n) is 5.80. The topological polar surface area (TPSA) is 0 Å². The predicted octanol–water partition coefficient (Wildman–Crippen LogP) is 5.28. The Kier molecular flexibility index (Phi) is 5.64. The van der Waals surface area contributed by atoms with E-state index in [-0.39, 0.29) is 0 Å². The molecule has 0 nitrogen and oxygen atoms in total. The normalized spacial score (nSPS) is 14.3. The molecule has 0 heteroatoms. The molecule has 0 bridgehead atoms. The Bertz CT molecular complexity index is 269. The van der Waals surface area contributed by atoms with Gasteiger partial charge in [-0.2, -0.15) is 0 Å². The lowest BCUT2D eigenvalue weighted by molar-refractivity contribution is 0.412. The molecular formula is C15H26. The Morgan fingerprint density at radius 2 is 1.73 bits per heavy atom. The van der Waals surface area contributed by atoms with E-state index in [0.717, 1.165) is 12.8 Å². The molecule has 86 valence electrons. The molecule has 0 aliphatic rings. The SMILES string of the molecule is C=C(CC(C)(C)C)/C(C)=C(\C)C=CCC. The fraction of sp³-hybridized carbons (Fsp3) is 0.600. The molecule has 0 atom stereocenters. The van der Waals surface area contributed by atoms with E-state index < -0.39 is 0 Å². The van der Waals surface area contributed by atoms with Gasteiger partial charge in [0.1, 0.15) is 0 Å². The average Bonchev–Trinajstić information content (AvgIpc) is 2.10. The van der Waals surface area contributed by atoms with Crippen molar-refractivity contribution in [3.63, 3.8) is 0 Å². The molecule has 0 saturated carbocycles. The zero-order chi connectivity index (χ0) is 12.1. The minimum absolute atomic E-state index is 0.326. The smallest absolute Gasteiger partial charge is 0.0233 e. The molecular weight excluding hydrogens is 180 g/mol. The molecule has 0 spiro atoms. The van der Waals surface area contributed by atoms with Crippen LogP contribution < -0.4 is 0 Å². The average molecular weight is 206 g/mol. The van der Waals surface area contributed by atoms with Crippen LogP contribution in [0.3, 0.4) is 0 Å². The summed E-state index contributed by atoms with van der Waals surface area (Å²) in [6, 6.07) is 0. The number of allylic oxidation sites excluding steroid dienone is 5. The third-order valence-corrected chi connectivity index (χ3v) is 2.47. The van der Waals surface area contributed by atoms with E-state index >= 15 is 0 Å². The third-order valence-electron chi connectivity index (χ3n) is 2.47. The van der Waals surface area contributed by atoms with Crippen molar-refractivity contribution in [2.24, 2.45) is 5.41 Å². The van der Waals surface area contributed by atoms with E-state index in [9.17, 15) is 0 Å². The molecule has 0 heterocycles. The van der Waals surface area contributed by atoms with Crippen molar-refractivity contribution in [1.29, 1.82) is 0 Å². The first-order valence-corrected chi connectivity index (χ1v) is 5.80. The van der Waals surface area contributed by atoms with E-state index in [1.54, 1.807) is 0 Å². The van der Waals surface area contributed by atoms with Gasteiger partial charge >= 0.3 is 0 Å².